The Hall–Kier alpha value is -1.82. The van der Waals surface area contributed by atoms with Crippen molar-refractivity contribution in [2.45, 2.75) is 26.9 Å². The fraction of sp³-hybridized carbons (Fsp3) is 0.571. The molecular weight excluding hydrogens is 262 g/mol. The summed E-state index contributed by atoms with van der Waals surface area (Å²) in [4.78, 5) is 22.9. The summed E-state index contributed by atoms with van der Waals surface area (Å²) in [6.45, 7) is 4.27. The molecule has 0 aliphatic rings. The van der Waals surface area contributed by atoms with E-state index in [0.717, 1.165) is 0 Å². The van der Waals surface area contributed by atoms with E-state index in [4.69, 9.17) is 14.3 Å². The Morgan fingerprint density at radius 1 is 1.40 bits per heavy atom. The number of carbonyl (C=O) groups is 2. The smallest absolute Gasteiger partial charge is 0.308 e. The van der Waals surface area contributed by atoms with E-state index < -0.39 is 17.8 Å². The van der Waals surface area contributed by atoms with Crippen LogP contribution in [0.4, 0.5) is 0 Å². The Morgan fingerprint density at radius 2 is 2.10 bits per heavy atom. The van der Waals surface area contributed by atoms with Crippen molar-refractivity contribution in [1.82, 2.24) is 5.32 Å². The third kappa shape index (κ3) is 5.05. The highest BCUT2D eigenvalue weighted by Gasteiger charge is 2.20. The van der Waals surface area contributed by atoms with E-state index in [1.807, 2.05) is 13.8 Å². The fourth-order valence-corrected chi connectivity index (χ4v) is 1.86. The maximum absolute atomic E-state index is 11.8. The van der Waals surface area contributed by atoms with Crippen LogP contribution in [0.3, 0.4) is 0 Å². The number of amides is 1. The van der Waals surface area contributed by atoms with Crippen LogP contribution < -0.4 is 5.32 Å². The Kier molecular flexibility index (Phi) is 6.24. The van der Waals surface area contributed by atoms with Gasteiger partial charge in [0.25, 0.3) is 5.91 Å². The number of hydrogen-bond acceptors (Lipinski definition) is 4. The highest BCUT2D eigenvalue weighted by atomic mass is 16.5. The predicted octanol–water partition coefficient (Wildman–Crippen LogP) is 1.90. The Bertz CT molecular complexity index is 452. The number of methoxy groups -OCH3 is 1. The Balaban J connectivity index is 2.53. The van der Waals surface area contributed by atoms with Crippen LogP contribution in [0, 0.1) is 11.8 Å². The minimum Gasteiger partial charge on any atom is -0.481 e. The topological polar surface area (TPSA) is 88.8 Å². The van der Waals surface area contributed by atoms with Crippen LogP contribution in [-0.2, 0) is 16.1 Å². The first-order chi connectivity index (χ1) is 9.43. The van der Waals surface area contributed by atoms with Crippen LogP contribution in [-0.4, -0.2) is 30.6 Å². The number of rotatable bonds is 8. The monoisotopic (exact) mass is 283 g/mol. The quantitative estimate of drug-likeness (QED) is 0.760. The number of nitrogens with one attached hydrogen (secondary N) is 1. The van der Waals surface area contributed by atoms with E-state index in [0.29, 0.717) is 18.8 Å². The molecule has 1 rings (SSSR count). The van der Waals surface area contributed by atoms with Crippen LogP contribution in [0.5, 0.6) is 0 Å². The molecule has 0 aromatic carbocycles. The fourth-order valence-electron chi connectivity index (χ4n) is 1.86. The standard InChI is InChI=1S/C14H21NO5/c1-9(2)6-10(14(17)18)7-15-13(16)12-5-4-11(20-12)8-19-3/h4-5,9-10H,6-8H2,1-3H3,(H,15,16)(H,17,18). The van der Waals surface area contributed by atoms with Gasteiger partial charge in [-0.25, -0.2) is 0 Å². The molecule has 0 fully saturated rings. The molecule has 1 amide bonds. The second kappa shape index (κ2) is 7.69. The molecule has 0 spiro atoms. The molecule has 0 aliphatic heterocycles. The van der Waals surface area contributed by atoms with Crippen LogP contribution in [0.25, 0.3) is 0 Å². The van der Waals surface area contributed by atoms with Crippen molar-refractivity contribution in [3.8, 4) is 0 Å². The molecule has 1 atom stereocenters. The first-order valence-electron chi connectivity index (χ1n) is 6.52. The molecule has 1 unspecified atom stereocenters. The first-order valence-corrected chi connectivity index (χ1v) is 6.52. The van der Waals surface area contributed by atoms with Gasteiger partial charge in [-0.1, -0.05) is 13.8 Å². The molecule has 0 saturated heterocycles. The van der Waals surface area contributed by atoms with Crippen LogP contribution in [0.2, 0.25) is 0 Å². The summed E-state index contributed by atoms with van der Waals surface area (Å²) >= 11 is 0. The first kappa shape index (κ1) is 16.2. The average molecular weight is 283 g/mol. The van der Waals surface area contributed by atoms with Gasteiger partial charge in [0.15, 0.2) is 5.76 Å². The summed E-state index contributed by atoms with van der Waals surface area (Å²) < 4.78 is 10.2. The molecule has 0 aliphatic carbocycles. The average Bonchev–Trinajstić information content (AvgIpc) is 2.82. The second-order valence-corrected chi connectivity index (χ2v) is 5.07. The van der Waals surface area contributed by atoms with Crippen molar-refractivity contribution in [2.24, 2.45) is 11.8 Å². The van der Waals surface area contributed by atoms with Gasteiger partial charge < -0.3 is 19.6 Å². The normalized spacial score (nSPS) is 12.4. The molecule has 112 valence electrons. The molecule has 1 aromatic heterocycles. The van der Waals surface area contributed by atoms with Gasteiger partial charge in [0, 0.05) is 13.7 Å². The third-order valence-corrected chi connectivity index (χ3v) is 2.79. The van der Waals surface area contributed by atoms with Crippen molar-refractivity contribution in [1.29, 1.82) is 0 Å². The van der Waals surface area contributed by atoms with E-state index >= 15 is 0 Å². The summed E-state index contributed by atoms with van der Waals surface area (Å²) in [6.07, 6.45) is 0.517. The lowest BCUT2D eigenvalue weighted by Crippen LogP contribution is -2.33. The molecule has 20 heavy (non-hydrogen) atoms. The summed E-state index contributed by atoms with van der Waals surface area (Å²) in [5, 5.41) is 11.7. The minimum absolute atomic E-state index is 0.0899. The summed E-state index contributed by atoms with van der Waals surface area (Å²) in [5.74, 6) is -0.946. The van der Waals surface area contributed by atoms with Crippen LogP contribution in [0.15, 0.2) is 16.5 Å². The van der Waals surface area contributed by atoms with E-state index in [1.165, 1.54) is 7.11 Å². The van der Waals surface area contributed by atoms with Crippen molar-refractivity contribution >= 4 is 11.9 Å². The van der Waals surface area contributed by atoms with E-state index in [9.17, 15) is 9.59 Å². The van der Waals surface area contributed by atoms with Gasteiger partial charge in [-0.3, -0.25) is 9.59 Å². The number of furan rings is 1. The van der Waals surface area contributed by atoms with Gasteiger partial charge in [-0.05, 0) is 24.5 Å². The summed E-state index contributed by atoms with van der Waals surface area (Å²) in [7, 11) is 1.53. The molecule has 0 radical (unpaired) electrons. The van der Waals surface area contributed by atoms with Gasteiger partial charge >= 0.3 is 5.97 Å². The molecule has 0 bridgehead atoms. The van der Waals surface area contributed by atoms with Crippen molar-refractivity contribution < 1.29 is 23.8 Å². The van der Waals surface area contributed by atoms with Gasteiger partial charge in [0.05, 0.1) is 5.92 Å². The maximum atomic E-state index is 11.8. The molecule has 6 heteroatoms. The number of carbonyl (C=O) groups excluding carboxylic acids is 1. The van der Waals surface area contributed by atoms with E-state index in [2.05, 4.69) is 5.32 Å². The second-order valence-electron chi connectivity index (χ2n) is 5.07. The largest absolute Gasteiger partial charge is 0.481 e. The molecule has 6 nitrogen and oxygen atoms in total. The van der Waals surface area contributed by atoms with Gasteiger partial charge in [-0.2, -0.15) is 0 Å². The number of ether oxygens (including phenoxy) is 1. The lowest BCUT2D eigenvalue weighted by Gasteiger charge is -2.14. The molecular formula is C14H21NO5. The number of carboxylic acids is 1. The van der Waals surface area contributed by atoms with E-state index in [1.54, 1.807) is 12.1 Å². The van der Waals surface area contributed by atoms with Crippen LogP contribution >= 0.6 is 0 Å². The zero-order valence-corrected chi connectivity index (χ0v) is 12.0. The van der Waals surface area contributed by atoms with E-state index in [-0.39, 0.29) is 18.2 Å². The van der Waals surface area contributed by atoms with Crippen molar-refractivity contribution in [3.63, 3.8) is 0 Å². The van der Waals surface area contributed by atoms with Gasteiger partial charge in [0.2, 0.25) is 0 Å². The summed E-state index contributed by atoms with van der Waals surface area (Å²) in [6, 6.07) is 3.20. The molecule has 1 aromatic rings. The van der Waals surface area contributed by atoms with Crippen molar-refractivity contribution in [2.75, 3.05) is 13.7 Å². The third-order valence-electron chi connectivity index (χ3n) is 2.79. The van der Waals surface area contributed by atoms with Crippen molar-refractivity contribution in [3.05, 3.63) is 23.7 Å². The zero-order chi connectivity index (χ0) is 15.1. The number of carboxylic acid groups (broad SMARTS) is 1. The summed E-state index contributed by atoms with van der Waals surface area (Å²) in [5.41, 5.74) is 0. The Labute approximate surface area is 118 Å². The SMILES string of the molecule is COCc1ccc(C(=O)NCC(CC(C)C)C(=O)O)o1. The Morgan fingerprint density at radius 3 is 2.65 bits per heavy atom. The highest BCUT2D eigenvalue weighted by molar-refractivity contribution is 5.91. The minimum atomic E-state index is -0.904. The number of aliphatic carboxylic acids is 1. The van der Waals surface area contributed by atoms with Gasteiger partial charge in [-0.15, -0.1) is 0 Å². The molecule has 1 heterocycles. The number of hydrogen-bond donors (Lipinski definition) is 2. The predicted molar refractivity (Wildman–Crippen MR) is 72.3 cm³/mol. The maximum Gasteiger partial charge on any atom is 0.308 e. The molecule has 0 saturated carbocycles. The van der Waals surface area contributed by atoms with Crippen LogP contribution in [0.1, 0.15) is 36.6 Å². The van der Waals surface area contributed by atoms with Gasteiger partial charge in [0.1, 0.15) is 12.4 Å². The zero-order valence-electron chi connectivity index (χ0n) is 12.0. The molecule has 2 N–H and O–H groups in total. The highest BCUT2D eigenvalue weighted by Crippen LogP contribution is 2.12. The lowest BCUT2D eigenvalue weighted by molar-refractivity contribution is -0.142. The lowest BCUT2D eigenvalue weighted by atomic mass is 9.97.